The molecule has 1 heterocycles. The first kappa shape index (κ1) is 17.1. The van der Waals surface area contributed by atoms with Crippen molar-refractivity contribution in [3.63, 3.8) is 0 Å². The van der Waals surface area contributed by atoms with E-state index in [1.54, 1.807) is 29.2 Å². The summed E-state index contributed by atoms with van der Waals surface area (Å²) in [4.78, 5) is 26.0. The van der Waals surface area contributed by atoms with E-state index in [4.69, 9.17) is 0 Å². The average molecular weight is 344 g/mol. The Morgan fingerprint density at radius 3 is 2.16 bits per heavy atom. The van der Waals surface area contributed by atoms with Crippen LogP contribution >= 0.6 is 0 Å². The van der Waals surface area contributed by atoms with E-state index in [1.807, 2.05) is 0 Å². The number of halogens is 2. The first-order valence-corrected chi connectivity index (χ1v) is 8.05. The van der Waals surface area contributed by atoms with E-state index in [2.05, 4.69) is 5.32 Å². The topological polar surface area (TPSA) is 49.4 Å². The molecule has 25 heavy (non-hydrogen) atoms. The number of rotatable bonds is 5. The summed E-state index contributed by atoms with van der Waals surface area (Å²) in [5, 5.41) is 2.78. The Kier molecular flexibility index (Phi) is 5.07. The average Bonchev–Trinajstić information content (AvgIpc) is 2.97. The predicted octanol–water partition coefficient (Wildman–Crippen LogP) is 2.63. The van der Waals surface area contributed by atoms with Crippen LogP contribution in [0.25, 0.3) is 0 Å². The van der Waals surface area contributed by atoms with Crippen molar-refractivity contribution in [3.05, 3.63) is 71.3 Å². The second-order valence-electron chi connectivity index (χ2n) is 6.15. The molecule has 2 aromatic carbocycles. The SMILES string of the molecule is O=C(NCc1ccc(F)cc1)C1CC(=O)N(Cc2ccc(F)cc2)C1. The smallest absolute Gasteiger partial charge is 0.225 e. The van der Waals surface area contributed by atoms with E-state index in [1.165, 1.54) is 24.3 Å². The summed E-state index contributed by atoms with van der Waals surface area (Å²) in [5.74, 6) is -1.35. The summed E-state index contributed by atoms with van der Waals surface area (Å²) in [6.07, 6.45) is 0.163. The first-order valence-electron chi connectivity index (χ1n) is 8.05. The molecule has 6 heteroatoms. The Morgan fingerprint density at radius 1 is 1.00 bits per heavy atom. The second-order valence-corrected chi connectivity index (χ2v) is 6.15. The lowest BCUT2D eigenvalue weighted by molar-refractivity contribution is -0.129. The Bertz CT molecular complexity index is 760. The number of nitrogens with one attached hydrogen (secondary N) is 1. The number of hydrogen-bond acceptors (Lipinski definition) is 2. The maximum absolute atomic E-state index is 12.9. The Labute approximate surface area is 144 Å². The molecule has 0 saturated carbocycles. The molecule has 0 aliphatic carbocycles. The number of benzene rings is 2. The molecule has 1 N–H and O–H groups in total. The molecule has 1 atom stereocenters. The third kappa shape index (κ3) is 4.41. The molecule has 0 spiro atoms. The zero-order valence-corrected chi connectivity index (χ0v) is 13.5. The standard InChI is InChI=1S/C19H18F2N2O2/c20-16-5-1-13(2-6-16)10-22-19(25)15-9-18(24)23(12-15)11-14-3-7-17(21)8-4-14/h1-8,15H,9-12H2,(H,22,25). The third-order valence-electron chi connectivity index (χ3n) is 4.25. The van der Waals surface area contributed by atoms with E-state index >= 15 is 0 Å². The minimum absolute atomic E-state index is 0.0914. The van der Waals surface area contributed by atoms with Crippen molar-refractivity contribution in [1.82, 2.24) is 10.2 Å². The van der Waals surface area contributed by atoms with Crippen LogP contribution in [-0.4, -0.2) is 23.3 Å². The summed E-state index contributed by atoms with van der Waals surface area (Å²) >= 11 is 0. The van der Waals surface area contributed by atoms with Crippen molar-refractivity contribution < 1.29 is 18.4 Å². The lowest BCUT2D eigenvalue weighted by Gasteiger charge is -2.16. The van der Waals surface area contributed by atoms with E-state index in [0.29, 0.717) is 19.6 Å². The summed E-state index contributed by atoms with van der Waals surface area (Å²) in [5.41, 5.74) is 1.62. The molecule has 1 unspecified atom stereocenters. The number of hydrogen-bond donors (Lipinski definition) is 1. The van der Waals surface area contributed by atoms with Crippen LogP contribution in [0, 0.1) is 17.6 Å². The number of likely N-dealkylation sites (tertiary alicyclic amines) is 1. The fourth-order valence-electron chi connectivity index (χ4n) is 2.85. The monoisotopic (exact) mass is 344 g/mol. The van der Waals surface area contributed by atoms with Crippen LogP contribution in [0.1, 0.15) is 17.5 Å². The Balaban J connectivity index is 1.53. The van der Waals surface area contributed by atoms with Gasteiger partial charge in [0.25, 0.3) is 0 Å². The van der Waals surface area contributed by atoms with Crippen LogP contribution in [0.5, 0.6) is 0 Å². The van der Waals surface area contributed by atoms with Gasteiger partial charge in [-0.15, -0.1) is 0 Å². The fourth-order valence-corrected chi connectivity index (χ4v) is 2.85. The molecule has 0 radical (unpaired) electrons. The van der Waals surface area contributed by atoms with E-state index < -0.39 is 5.92 Å². The highest BCUT2D eigenvalue weighted by Gasteiger charge is 2.34. The largest absolute Gasteiger partial charge is 0.352 e. The molecule has 0 aromatic heterocycles. The van der Waals surface area contributed by atoms with Gasteiger partial charge in [0, 0.05) is 26.1 Å². The maximum Gasteiger partial charge on any atom is 0.225 e. The van der Waals surface area contributed by atoms with Crippen LogP contribution in [-0.2, 0) is 22.7 Å². The van der Waals surface area contributed by atoms with Crippen LogP contribution in [0.4, 0.5) is 8.78 Å². The quantitative estimate of drug-likeness (QED) is 0.906. The van der Waals surface area contributed by atoms with Gasteiger partial charge in [-0.3, -0.25) is 9.59 Å². The van der Waals surface area contributed by atoms with Crippen molar-refractivity contribution >= 4 is 11.8 Å². The summed E-state index contributed by atoms with van der Waals surface area (Å²) in [6.45, 7) is 0.994. The highest BCUT2D eigenvalue weighted by Crippen LogP contribution is 2.20. The van der Waals surface area contributed by atoms with Crippen molar-refractivity contribution in [2.45, 2.75) is 19.5 Å². The molecule has 1 aliphatic heterocycles. The zero-order valence-electron chi connectivity index (χ0n) is 13.5. The Hall–Kier alpha value is -2.76. The van der Waals surface area contributed by atoms with Gasteiger partial charge in [0.05, 0.1) is 5.92 Å². The molecule has 1 saturated heterocycles. The predicted molar refractivity (Wildman–Crippen MR) is 88.2 cm³/mol. The molecule has 4 nitrogen and oxygen atoms in total. The van der Waals surface area contributed by atoms with Gasteiger partial charge in [-0.1, -0.05) is 24.3 Å². The molecular weight excluding hydrogens is 326 g/mol. The maximum atomic E-state index is 12.9. The van der Waals surface area contributed by atoms with Gasteiger partial charge in [0.15, 0.2) is 0 Å². The van der Waals surface area contributed by atoms with Crippen molar-refractivity contribution in [2.24, 2.45) is 5.92 Å². The minimum Gasteiger partial charge on any atom is -0.352 e. The zero-order chi connectivity index (χ0) is 17.8. The van der Waals surface area contributed by atoms with Crippen molar-refractivity contribution in [1.29, 1.82) is 0 Å². The normalized spacial score (nSPS) is 17.0. The van der Waals surface area contributed by atoms with E-state index in [-0.39, 0.29) is 29.9 Å². The second kappa shape index (κ2) is 7.42. The first-order chi connectivity index (χ1) is 12.0. The van der Waals surface area contributed by atoms with Gasteiger partial charge in [0.1, 0.15) is 11.6 Å². The molecule has 1 aliphatic rings. The Morgan fingerprint density at radius 2 is 1.56 bits per heavy atom. The van der Waals surface area contributed by atoms with Crippen molar-refractivity contribution in [2.75, 3.05) is 6.54 Å². The lowest BCUT2D eigenvalue weighted by Crippen LogP contribution is -2.32. The molecule has 2 amide bonds. The summed E-state index contributed by atoms with van der Waals surface area (Å²) in [6, 6.07) is 11.9. The van der Waals surface area contributed by atoms with Crippen LogP contribution in [0.3, 0.4) is 0 Å². The van der Waals surface area contributed by atoms with Crippen molar-refractivity contribution in [3.8, 4) is 0 Å². The number of nitrogens with zero attached hydrogens (tertiary/aromatic N) is 1. The molecule has 0 bridgehead atoms. The fraction of sp³-hybridized carbons (Fsp3) is 0.263. The van der Waals surface area contributed by atoms with E-state index in [9.17, 15) is 18.4 Å². The highest BCUT2D eigenvalue weighted by atomic mass is 19.1. The number of carbonyl (C=O) groups is 2. The molecule has 1 fully saturated rings. The molecular formula is C19H18F2N2O2. The summed E-state index contributed by atoms with van der Waals surface area (Å²) < 4.78 is 25.8. The van der Waals surface area contributed by atoms with Crippen LogP contribution in [0.2, 0.25) is 0 Å². The third-order valence-corrected chi connectivity index (χ3v) is 4.25. The molecule has 2 aromatic rings. The van der Waals surface area contributed by atoms with E-state index in [0.717, 1.165) is 11.1 Å². The number of amides is 2. The van der Waals surface area contributed by atoms with Gasteiger partial charge in [-0.05, 0) is 35.4 Å². The summed E-state index contributed by atoms with van der Waals surface area (Å²) in [7, 11) is 0. The van der Waals surface area contributed by atoms with Gasteiger partial charge >= 0.3 is 0 Å². The molecule has 130 valence electrons. The van der Waals surface area contributed by atoms with Gasteiger partial charge < -0.3 is 10.2 Å². The van der Waals surface area contributed by atoms with Gasteiger partial charge in [-0.25, -0.2) is 8.78 Å². The lowest BCUT2D eigenvalue weighted by atomic mass is 10.1. The van der Waals surface area contributed by atoms with Gasteiger partial charge in [-0.2, -0.15) is 0 Å². The molecule has 3 rings (SSSR count). The number of carbonyl (C=O) groups excluding carboxylic acids is 2. The minimum atomic E-state index is -0.409. The highest BCUT2D eigenvalue weighted by molar-refractivity contribution is 5.89. The van der Waals surface area contributed by atoms with Gasteiger partial charge in [0.2, 0.25) is 11.8 Å². The van der Waals surface area contributed by atoms with Crippen LogP contribution < -0.4 is 5.32 Å². The van der Waals surface area contributed by atoms with Crippen LogP contribution in [0.15, 0.2) is 48.5 Å².